The second-order valence-electron chi connectivity index (χ2n) is 9.26. The Balaban J connectivity index is 1.28. The van der Waals surface area contributed by atoms with Gasteiger partial charge in [0.1, 0.15) is 16.9 Å². The van der Waals surface area contributed by atoms with Crippen molar-refractivity contribution in [3.8, 4) is 11.4 Å². The van der Waals surface area contributed by atoms with Gasteiger partial charge in [-0.25, -0.2) is 9.78 Å². The molecule has 0 radical (unpaired) electrons. The number of likely N-dealkylation sites (tertiary alicyclic amines) is 1. The predicted molar refractivity (Wildman–Crippen MR) is 131 cm³/mol. The van der Waals surface area contributed by atoms with Crippen molar-refractivity contribution in [3.05, 3.63) is 64.8 Å². The average Bonchev–Trinajstić information content (AvgIpc) is 3.40. The zero-order valence-corrected chi connectivity index (χ0v) is 20.9. The fraction of sp³-hybridized carbons (Fsp3) is 0.292. The summed E-state index contributed by atoms with van der Waals surface area (Å²) in [6, 6.07) is 10.9. The van der Waals surface area contributed by atoms with E-state index in [1.54, 1.807) is 21.6 Å². The molecule has 1 fully saturated rings. The van der Waals surface area contributed by atoms with Gasteiger partial charge in [0.15, 0.2) is 0 Å². The molecule has 1 aliphatic rings. The lowest BCUT2D eigenvalue weighted by Gasteiger charge is -2.37. The van der Waals surface area contributed by atoms with Crippen LogP contribution in [-0.2, 0) is 4.74 Å². The first-order chi connectivity index (χ1) is 16.7. The van der Waals surface area contributed by atoms with Crippen LogP contribution in [0.1, 0.15) is 43.1 Å². The number of aromatic nitrogens is 4. The summed E-state index contributed by atoms with van der Waals surface area (Å²) in [6.07, 6.45) is 2.97. The van der Waals surface area contributed by atoms with Gasteiger partial charge in [0.2, 0.25) is 11.7 Å². The van der Waals surface area contributed by atoms with E-state index in [0.29, 0.717) is 51.9 Å². The summed E-state index contributed by atoms with van der Waals surface area (Å²) in [6.45, 7) is 6.41. The normalized spacial score (nSPS) is 14.1. The molecule has 0 bridgehead atoms. The lowest BCUT2D eigenvalue weighted by molar-refractivity contribution is 0.00557. The Morgan fingerprint density at radius 2 is 2.00 bits per heavy atom. The number of pyridine rings is 1. The number of benzene rings is 1. The highest BCUT2D eigenvalue weighted by molar-refractivity contribution is 9.10. The maximum atomic E-state index is 12.9. The number of hydrogen-bond acceptors (Lipinski definition) is 7. The maximum absolute atomic E-state index is 12.9. The Kier molecular flexibility index (Phi) is 5.79. The fourth-order valence-electron chi connectivity index (χ4n) is 3.68. The SMILES string of the molecule is CC(C)(C)OC(=O)N1CC(c2nc(-c3ccc(Br)c(NC(=O)c4cnc5ccccn45)c3)no2)C1. The second-order valence-corrected chi connectivity index (χ2v) is 10.1. The molecule has 1 saturated heterocycles. The Morgan fingerprint density at radius 1 is 1.20 bits per heavy atom. The summed E-state index contributed by atoms with van der Waals surface area (Å²) in [7, 11) is 0. The monoisotopic (exact) mass is 538 g/mol. The molecule has 1 N–H and O–H groups in total. The molecule has 35 heavy (non-hydrogen) atoms. The zero-order valence-electron chi connectivity index (χ0n) is 19.4. The molecule has 0 unspecified atom stereocenters. The van der Waals surface area contributed by atoms with E-state index >= 15 is 0 Å². The van der Waals surface area contributed by atoms with Crippen molar-refractivity contribution in [1.29, 1.82) is 0 Å². The first-order valence-electron chi connectivity index (χ1n) is 11.0. The van der Waals surface area contributed by atoms with Crippen molar-refractivity contribution in [2.24, 2.45) is 0 Å². The van der Waals surface area contributed by atoms with Crippen molar-refractivity contribution >= 4 is 39.3 Å². The molecular formula is C24H23BrN6O4. The summed E-state index contributed by atoms with van der Waals surface area (Å²) in [4.78, 5) is 35.4. The molecule has 0 saturated carbocycles. The van der Waals surface area contributed by atoms with Crippen LogP contribution in [0.4, 0.5) is 10.5 Å². The number of nitrogens with zero attached hydrogens (tertiary/aromatic N) is 5. The highest BCUT2D eigenvalue weighted by Gasteiger charge is 2.37. The number of amides is 2. The van der Waals surface area contributed by atoms with Crippen LogP contribution in [0.5, 0.6) is 0 Å². The number of ether oxygens (including phenoxy) is 1. The molecule has 1 aromatic carbocycles. The quantitative estimate of drug-likeness (QED) is 0.399. The summed E-state index contributed by atoms with van der Waals surface area (Å²) in [5.74, 6) is 0.508. The van der Waals surface area contributed by atoms with Crippen molar-refractivity contribution < 1.29 is 18.8 Å². The molecular weight excluding hydrogens is 516 g/mol. The topological polar surface area (TPSA) is 115 Å². The summed E-state index contributed by atoms with van der Waals surface area (Å²) in [5, 5.41) is 7.01. The Bertz CT molecular complexity index is 1420. The van der Waals surface area contributed by atoms with Gasteiger partial charge in [0, 0.05) is 29.3 Å². The third-order valence-electron chi connectivity index (χ3n) is 5.45. The molecule has 3 aromatic heterocycles. The molecule has 11 heteroatoms. The van der Waals surface area contributed by atoms with Gasteiger partial charge in [-0.1, -0.05) is 11.2 Å². The van der Waals surface area contributed by atoms with E-state index in [9.17, 15) is 9.59 Å². The number of imidazole rings is 1. The lowest BCUT2D eigenvalue weighted by atomic mass is 10.0. The smallest absolute Gasteiger partial charge is 0.410 e. The van der Waals surface area contributed by atoms with Gasteiger partial charge >= 0.3 is 6.09 Å². The number of rotatable bonds is 4. The molecule has 4 aromatic rings. The van der Waals surface area contributed by atoms with E-state index in [4.69, 9.17) is 9.26 Å². The summed E-state index contributed by atoms with van der Waals surface area (Å²) < 4.78 is 13.3. The number of nitrogens with one attached hydrogen (secondary N) is 1. The van der Waals surface area contributed by atoms with E-state index in [0.717, 1.165) is 0 Å². The Labute approximate surface area is 209 Å². The maximum Gasteiger partial charge on any atom is 0.410 e. The van der Waals surface area contributed by atoms with E-state index in [1.165, 1.54) is 6.20 Å². The predicted octanol–water partition coefficient (Wildman–Crippen LogP) is 4.73. The van der Waals surface area contributed by atoms with E-state index in [2.05, 4.69) is 36.4 Å². The van der Waals surface area contributed by atoms with Crippen molar-refractivity contribution in [3.63, 3.8) is 0 Å². The van der Waals surface area contributed by atoms with E-state index in [-0.39, 0.29) is 17.9 Å². The number of carbonyl (C=O) groups excluding carboxylic acids is 2. The number of fused-ring (bicyclic) bond motifs is 1. The van der Waals surface area contributed by atoms with Crippen molar-refractivity contribution in [2.75, 3.05) is 18.4 Å². The van der Waals surface area contributed by atoms with Crippen LogP contribution in [0, 0.1) is 0 Å². The third-order valence-corrected chi connectivity index (χ3v) is 6.14. The number of anilines is 1. The van der Waals surface area contributed by atoms with Gasteiger partial charge in [-0.05, 0) is 67.0 Å². The standard InChI is InChI=1S/C24H23BrN6O4/c1-24(2,3)34-23(33)30-12-15(13-30)22-28-20(29-35-22)14-7-8-16(25)17(10-14)27-21(32)18-11-26-19-6-4-5-9-31(18)19/h4-11,15H,12-13H2,1-3H3,(H,27,32). The first-order valence-corrected chi connectivity index (χ1v) is 11.8. The van der Waals surface area contributed by atoms with Crippen LogP contribution in [0.2, 0.25) is 0 Å². The number of carbonyl (C=O) groups is 2. The van der Waals surface area contributed by atoms with Crippen molar-refractivity contribution in [2.45, 2.75) is 32.3 Å². The number of hydrogen-bond donors (Lipinski definition) is 1. The molecule has 180 valence electrons. The average molecular weight is 539 g/mol. The molecule has 5 rings (SSSR count). The third kappa shape index (κ3) is 4.76. The van der Waals surface area contributed by atoms with Crippen LogP contribution in [0.15, 0.2) is 57.8 Å². The molecule has 0 atom stereocenters. The number of halogens is 1. The van der Waals surface area contributed by atoms with E-state index in [1.807, 2.05) is 51.1 Å². The minimum atomic E-state index is -0.542. The Hall–Kier alpha value is -3.73. The van der Waals surface area contributed by atoms with Crippen LogP contribution in [0.25, 0.3) is 17.0 Å². The second kappa shape index (κ2) is 8.81. The summed E-state index contributed by atoms with van der Waals surface area (Å²) >= 11 is 3.48. The molecule has 2 amide bonds. The summed E-state index contributed by atoms with van der Waals surface area (Å²) in [5.41, 5.74) is 1.80. The van der Waals surface area contributed by atoms with Gasteiger partial charge < -0.3 is 19.5 Å². The first kappa shape index (κ1) is 23.0. The zero-order chi connectivity index (χ0) is 24.7. The van der Waals surface area contributed by atoms with Gasteiger partial charge in [0.25, 0.3) is 5.91 Å². The van der Waals surface area contributed by atoms with Crippen molar-refractivity contribution in [1.82, 2.24) is 24.4 Å². The largest absolute Gasteiger partial charge is 0.444 e. The lowest BCUT2D eigenvalue weighted by Crippen LogP contribution is -2.50. The van der Waals surface area contributed by atoms with Gasteiger partial charge in [-0.15, -0.1) is 0 Å². The highest BCUT2D eigenvalue weighted by Crippen LogP contribution is 2.31. The molecule has 10 nitrogen and oxygen atoms in total. The van der Waals surface area contributed by atoms with Crippen LogP contribution in [0.3, 0.4) is 0 Å². The minimum absolute atomic E-state index is 0.0477. The molecule has 0 spiro atoms. The van der Waals surface area contributed by atoms with E-state index < -0.39 is 5.60 Å². The van der Waals surface area contributed by atoms with Gasteiger partial charge in [-0.2, -0.15) is 4.98 Å². The molecule has 0 aliphatic carbocycles. The minimum Gasteiger partial charge on any atom is -0.444 e. The molecule has 1 aliphatic heterocycles. The van der Waals surface area contributed by atoms with Crippen LogP contribution in [-0.4, -0.2) is 55.1 Å². The van der Waals surface area contributed by atoms with Crippen LogP contribution < -0.4 is 5.32 Å². The van der Waals surface area contributed by atoms with Gasteiger partial charge in [-0.3, -0.25) is 9.20 Å². The highest BCUT2D eigenvalue weighted by atomic mass is 79.9. The Morgan fingerprint density at radius 3 is 2.77 bits per heavy atom. The fourth-order valence-corrected chi connectivity index (χ4v) is 4.02. The van der Waals surface area contributed by atoms with Gasteiger partial charge in [0.05, 0.1) is 17.8 Å². The molecule has 4 heterocycles. The van der Waals surface area contributed by atoms with Crippen LogP contribution >= 0.6 is 15.9 Å².